The van der Waals surface area contributed by atoms with Crippen LogP contribution in [0.4, 0.5) is 4.79 Å². The van der Waals surface area contributed by atoms with Gasteiger partial charge in [-0.05, 0) is 48.3 Å². The first-order valence-corrected chi connectivity index (χ1v) is 10.0. The van der Waals surface area contributed by atoms with Crippen LogP contribution >= 0.6 is 11.6 Å². The molecule has 2 fully saturated rings. The van der Waals surface area contributed by atoms with E-state index in [1.165, 1.54) is 4.90 Å². The van der Waals surface area contributed by atoms with Crippen molar-refractivity contribution < 1.29 is 14.4 Å². The fourth-order valence-corrected chi connectivity index (χ4v) is 5.12. The first-order chi connectivity index (χ1) is 13.0. The van der Waals surface area contributed by atoms with E-state index in [1.807, 2.05) is 12.1 Å². The van der Waals surface area contributed by atoms with Crippen LogP contribution in [-0.2, 0) is 16.1 Å². The van der Waals surface area contributed by atoms with E-state index in [0.717, 1.165) is 16.9 Å². The van der Waals surface area contributed by atoms with E-state index < -0.39 is 11.6 Å². The molecule has 152 valence electrons. The summed E-state index contributed by atoms with van der Waals surface area (Å²) in [5.41, 5.74) is -0.0338. The standard InChI is InChI=1S/C21H28ClN3O3/c1-14-9-20(2,3)13-21(10-14)18(27)25(19(28)23-21)12-17(26)24(4)11-15-6-5-7-16(22)8-15/h5-8,14H,9-13H2,1-4H3,(H,23,28). The van der Waals surface area contributed by atoms with Gasteiger partial charge in [-0.15, -0.1) is 0 Å². The second-order valence-electron chi connectivity index (χ2n) is 9.14. The first-order valence-electron chi connectivity index (χ1n) is 9.64. The Morgan fingerprint density at radius 3 is 2.68 bits per heavy atom. The molecule has 0 radical (unpaired) electrons. The molecule has 6 nitrogen and oxygen atoms in total. The van der Waals surface area contributed by atoms with Gasteiger partial charge in [0.1, 0.15) is 12.1 Å². The van der Waals surface area contributed by atoms with E-state index in [4.69, 9.17) is 11.6 Å². The molecule has 1 aliphatic heterocycles. The van der Waals surface area contributed by atoms with Gasteiger partial charge < -0.3 is 10.2 Å². The van der Waals surface area contributed by atoms with Crippen LogP contribution in [0.25, 0.3) is 0 Å². The number of halogens is 1. The van der Waals surface area contributed by atoms with Crippen LogP contribution in [0.3, 0.4) is 0 Å². The summed E-state index contributed by atoms with van der Waals surface area (Å²) in [5.74, 6) is -0.237. The molecule has 2 aliphatic rings. The fraction of sp³-hybridized carbons (Fsp3) is 0.571. The lowest BCUT2D eigenvalue weighted by Crippen LogP contribution is -2.54. The Balaban J connectivity index is 1.69. The molecule has 2 atom stereocenters. The maximum atomic E-state index is 13.1. The zero-order valence-corrected chi connectivity index (χ0v) is 17.7. The molecule has 3 rings (SSSR count). The smallest absolute Gasteiger partial charge is 0.325 e. The average Bonchev–Trinajstić information content (AvgIpc) is 2.76. The van der Waals surface area contributed by atoms with Gasteiger partial charge in [0.15, 0.2) is 0 Å². The summed E-state index contributed by atoms with van der Waals surface area (Å²) < 4.78 is 0. The largest absolute Gasteiger partial charge is 0.340 e. The van der Waals surface area contributed by atoms with Crippen molar-refractivity contribution in [3.63, 3.8) is 0 Å². The van der Waals surface area contributed by atoms with Crippen molar-refractivity contribution in [2.75, 3.05) is 13.6 Å². The minimum Gasteiger partial charge on any atom is -0.340 e. The van der Waals surface area contributed by atoms with Crippen LogP contribution in [-0.4, -0.2) is 46.8 Å². The van der Waals surface area contributed by atoms with Gasteiger partial charge in [0.05, 0.1) is 0 Å². The summed E-state index contributed by atoms with van der Waals surface area (Å²) in [6.07, 6.45) is 2.22. The number of hydrogen-bond acceptors (Lipinski definition) is 3. The van der Waals surface area contributed by atoms with Crippen LogP contribution in [0.1, 0.15) is 45.6 Å². The molecule has 0 aromatic heterocycles. The number of urea groups is 1. The zero-order chi connectivity index (χ0) is 20.7. The molecule has 1 aliphatic carbocycles. The highest BCUT2D eigenvalue weighted by Gasteiger charge is 2.56. The van der Waals surface area contributed by atoms with Gasteiger partial charge in [0.2, 0.25) is 5.91 Å². The number of rotatable bonds is 4. The lowest BCUT2D eigenvalue weighted by atomic mass is 9.64. The van der Waals surface area contributed by atoms with Crippen LogP contribution in [0.15, 0.2) is 24.3 Å². The van der Waals surface area contributed by atoms with Gasteiger partial charge in [0, 0.05) is 18.6 Å². The van der Waals surface area contributed by atoms with E-state index in [-0.39, 0.29) is 23.8 Å². The van der Waals surface area contributed by atoms with Crippen molar-refractivity contribution in [2.45, 2.75) is 52.1 Å². The second kappa shape index (κ2) is 7.39. The molecule has 1 spiro atoms. The molecular formula is C21H28ClN3O3. The maximum Gasteiger partial charge on any atom is 0.325 e. The molecule has 1 heterocycles. The summed E-state index contributed by atoms with van der Waals surface area (Å²) >= 11 is 5.99. The summed E-state index contributed by atoms with van der Waals surface area (Å²) in [7, 11) is 1.66. The highest BCUT2D eigenvalue weighted by molar-refractivity contribution is 6.30. The molecular weight excluding hydrogens is 378 g/mol. The molecule has 7 heteroatoms. The van der Waals surface area contributed by atoms with Crippen molar-refractivity contribution >= 4 is 29.4 Å². The van der Waals surface area contributed by atoms with E-state index in [2.05, 4.69) is 26.1 Å². The number of carbonyl (C=O) groups excluding carboxylic acids is 3. The maximum absolute atomic E-state index is 13.1. The van der Waals surface area contributed by atoms with Gasteiger partial charge in [-0.25, -0.2) is 4.79 Å². The van der Waals surface area contributed by atoms with Gasteiger partial charge in [-0.3, -0.25) is 14.5 Å². The highest BCUT2D eigenvalue weighted by atomic mass is 35.5. The number of amides is 4. The minimum absolute atomic E-state index is 0.0377. The van der Waals surface area contributed by atoms with Gasteiger partial charge >= 0.3 is 6.03 Å². The van der Waals surface area contributed by atoms with Crippen LogP contribution in [0.2, 0.25) is 5.02 Å². The number of carbonyl (C=O) groups is 3. The molecule has 4 amide bonds. The molecule has 1 saturated carbocycles. The Kier molecular flexibility index (Phi) is 5.45. The predicted octanol–water partition coefficient (Wildman–Crippen LogP) is 3.44. The molecule has 28 heavy (non-hydrogen) atoms. The lowest BCUT2D eigenvalue weighted by molar-refractivity contribution is -0.140. The topological polar surface area (TPSA) is 69.7 Å². The Labute approximate surface area is 171 Å². The third kappa shape index (κ3) is 4.17. The number of hydrogen-bond donors (Lipinski definition) is 1. The lowest BCUT2D eigenvalue weighted by Gasteiger charge is -2.43. The number of imide groups is 1. The number of likely N-dealkylation sites (N-methyl/N-ethyl adjacent to an activating group) is 1. The summed E-state index contributed by atoms with van der Waals surface area (Å²) in [4.78, 5) is 40.9. The van der Waals surface area contributed by atoms with E-state index in [9.17, 15) is 14.4 Å². The molecule has 1 saturated heterocycles. The Morgan fingerprint density at radius 2 is 2.04 bits per heavy atom. The van der Waals surface area contributed by atoms with Crippen molar-refractivity contribution in [3.05, 3.63) is 34.9 Å². The van der Waals surface area contributed by atoms with Crippen LogP contribution < -0.4 is 5.32 Å². The van der Waals surface area contributed by atoms with E-state index in [0.29, 0.717) is 30.3 Å². The quantitative estimate of drug-likeness (QED) is 0.780. The number of nitrogens with zero attached hydrogens (tertiary/aromatic N) is 2. The SMILES string of the molecule is CC1CC(C)(C)CC2(C1)NC(=O)N(CC(=O)N(C)Cc1cccc(Cl)c1)C2=O. The van der Waals surface area contributed by atoms with Crippen molar-refractivity contribution in [2.24, 2.45) is 11.3 Å². The predicted molar refractivity (Wildman–Crippen MR) is 108 cm³/mol. The second-order valence-corrected chi connectivity index (χ2v) is 9.57. The Bertz CT molecular complexity index is 810. The summed E-state index contributed by atoms with van der Waals surface area (Å²) in [6.45, 7) is 6.46. The van der Waals surface area contributed by atoms with Crippen molar-refractivity contribution in [3.8, 4) is 0 Å². The third-order valence-electron chi connectivity index (χ3n) is 5.65. The molecule has 2 unspecified atom stereocenters. The Hall–Kier alpha value is -2.08. The molecule has 1 aromatic carbocycles. The van der Waals surface area contributed by atoms with Gasteiger partial charge in [0.25, 0.3) is 5.91 Å². The summed E-state index contributed by atoms with van der Waals surface area (Å²) in [5, 5.41) is 3.51. The highest BCUT2D eigenvalue weighted by Crippen LogP contribution is 2.46. The normalized spacial score (nSPS) is 26.5. The Morgan fingerprint density at radius 1 is 1.32 bits per heavy atom. The van der Waals surface area contributed by atoms with Gasteiger partial charge in [-0.1, -0.05) is 44.5 Å². The number of nitrogens with one attached hydrogen (secondary N) is 1. The first kappa shape index (κ1) is 20.6. The average molecular weight is 406 g/mol. The molecule has 1 N–H and O–H groups in total. The third-order valence-corrected chi connectivity index (χ3v) is 5.89. The van der Waals surface area contributed by atoms with E-state index >= 15 is 0 Å². The monoisotopic (exact) mass is 405 g/mol. The molecule has 1 aromatic rings. The molecule has 0 bridgehead atoms. The van der Waals surface area contributed by atoms with Crippen molar-refractivity contribution in [1.82, 2.24) is 15.1 Å². The van der Waals surface area contributed by atoms with Crippen LogP contribution in [0.5, 0.6) is 0 Å². The summed E-state index contributed by atoms with van der Waals surface area (Å²) in [6, 6.07) is 6.79. The van der Waals surface area contributed by atoms with Gasteiger partial charge in [-0.2, -0.15) is 0 Å². The van der Waals surface area contributed by atoms with Crippen molar-refractivity contribution in [1.29, 1.82) is 0 Å². The fourth-order valence-electron chi connectivity index (χ4n) is 4.90. The van der Waals surface area contributed by atoms with E-state index in [1.54, 1.807) is 19.2 Å². The zero-order valence-electron chi connectivity index (χ0n) is 16.9. The number of benzene rings is 1. The van der Waals surface area contributed by atoms with Crippen LogP contribution in [0, 0.1) is 11.3 Å². The minimum atomic E-state index is -0.885.